The van der Waals surface area contributed by atoms with Crippen LogP contribution in [0.4, 0.5) is 8.78 Å². The average Bonchev–Trinajstić information content (AvgIpc) is 3.22. The Morgan fingerprint density at radius 2 is 1.86 bits per heavy atom. The monoisotopic (exact) mass is 300 g/mol. The number of rotatable bonds is 4. The molecule has 0 aromatic heterocycles. The summed E-state index contributed by atoms with van der Waals surface area (Å²) in [6.07, 6.45) is 8.23. The van der Waals surface area contributed by atoms with Crippen molar-refractivity contribution in [2.75, 3.05) is 26.7 Å². The number of halogens is 2. The van der Waals surface area contributed by atoms with Gasteiger partial charge in [-0.3, -0.25) is 0 Å². The highest BCUT2D eigenvalue weighted by Crippen LogP contribution is 2.36. The van der Waals surface area contributed by atoms with Gasteiger partial charge in [-0.2, -0.15) is 0 Å². The summed E-state index contributed by atoms with van der Waals surface area (Å²) in [5.41, 5.74) is 0. The van der Waals surface area contributed by atoms with Crippen molar-refractivity contribution in [3.05, 3.63) is 0 Å². The van der Waals surface area contributed by atoms with Crippen molar-refractivity contribution in [3.8, 4) is 0 Å². The predicted octanol–water partition coefficient (Wildman–Crippen LogP) is 3.76. The van der Waals surface area contributed by atoms with Crippen LogP contribution in [-0.2, 0) is 0 Å². The molecule has 0 bridgehead atoms. The minimum absolute atomic E-state index is 0.0928. The van der Waals surface area contributed by atoms with Crippen LogP contribution in [0.1, 0.15) is 57.8 Å². The van der Waals surface area contributed by atoms with Gasteiger partial charge in [0.2, 0.25) is 5.92 Å². The quantitative estimate of drug-likeness (QED) is 0.780. The van der Waals surface area contributed by atoms with Crippen molar-refractivity contribution < 1.29 is 8.78 Å². The molecule has 3 aliphatic rings. The van der Waals surface area contributed by atoms with Crippen molar-refractivity contribution in [2.24, 2.45) is 5.92 Å². The molecule has 122 valence electrons. The molecule has 4 heteroatoms. The van der Waals surface area contributed by atoms with Gasteiger partial charge in [0, 0.05) is 31.5 Å². The number of hydrogen-bond donors (Lipinski definition) is 0. The number of nitrogens with zero attached hydrogens (tertiary/aromatic N) is 2. The van der Waals surface area contributed by atoms with E-state index in [2.05, 4.69) is 16.8 Å². The number of alkyl halides is 2. The van der Waals surface area contributed by atoms with Crippen molar-refractivity contribution in [2.45, 2.75) is 75.8 Å². The molecule has 3 fully saturated rings. The van der Waals surface area contributed by atoms with Crippen LogP contribution in [0.15, 0.2) is 0 Å². The first kappa shape index (κ1) is 15.7. The molecule has 2 saturated carbocycles. The second-order valence-electron chi connectivity index (χ2n) is 7.61. The molecule has 21 heavy (non-hydrogen) atoms. The molecule has 2 nitrogen and oxygen atoms in total. The van der Waals surface area contributed by atoms with Gasteiger partial charge in [-0.05, 0) is 71.0 Å². The fourth-order valence-electron chi connectivity index (χ4n) is 4.22. The maximum atomic E-state index is 13.6. The Morgan fingerprint density at radius 1 is 1.05 bits per heavy atom. The van der Waals surface area contributed by atoms with Crippen molar-refractivity contribution >= 4 is 0 Å². The molecule has 0 amide bonds. The SMILES string of the molecule is CN(CC1CC1)[C@@H]1CCCN([C@H]2CCCC(F)(F)C2)CC1. The van der Waals surface area contributed by atoms with Crippen molar-refractivity contribution in [1.82, 2.24) is 9.80 Å². The van der Waals surface area contributed by atoms with Crippen molar-refractivity contribution in [3.63, 3.8) is 0 Å². The van der Waals surface area contributed by atoms with Crippen LogP contribution in [0, 0.1) is 5.92 Å². The molecule has 1 saturated heterocycles. The van der Waals surface area contributed by atoms with E-state index in [4.69, 9.17) is 0 Å². The Labute approximate surface area is 127 Å². The number of hydrogen-bond acceptors (Lipinski definition) is 2. The van der Waals surface area contributed by atoms with Crippen LogP contribution in [0.3, 0.4) is 0 Å². The maximum Gasteiger partial charge on any atom is 0.249 e. The molecule has 1 aliphatic heterocycles. The van der Waals surface area contributed by atoms with E-state index in [1.54, 1.807) is 0 Å². The summed E-state index contributed by atoms with van der Waals surface area (Å²) in [6.45, 7) is 3.28. The minimum atomic E-state index is -2.42. The van der Waals surface area contributed by atoms with Gasteiger partial charge >= 0.3 is 0 Å². The van der Waals surface area contributed by atoms with E-state index in [-0.39, 0.29) is 18.9 Å². The molecule has 0 aromatic carbocycles. The first-order valence-electron chi connectivity index (χ1n) is 8.86. The van der Waals surface area contributed by atoms with Gasteiger partial charge in [0.05, 0.1) is 0 Å². The van der Waals surface area contributed by atoms with E-state index >= 15 is 0 Å². The lowest BCUT2D eigenvalue weighted by Crippen LogP contribution is -2.43. The van der Waals surface area contributed by atoms with Crippen LogP contribution in [0.5, 0.6) is 0 Å². The summed E-state index contributed by atoms with van der Waals surface area (Å²) in [7, 11) is 2.26. The van der Waals surface area contributed by atoms with Crippen LogP contribution in [0.25, 0.3) is 0 Å². The zero-order valence-corrected chi connectivity index (χ0v) is 13.4. The minimum Gasteiger partial charge on any atom is -0.303 e. The molecule has 2 atom stereocenters. The van der Waals surface area contributed by atoms with Gasteiger partial charge in [-0.15, -0.1) is 0 Å². The molecule has 0 spiro atoms. The number of likely N-dealkylation sites (tertiary alicyclic amines) is 1. The first-order chi connectivity index (χ1) is 10.0. The first-order valence-corrected chi connectivity index (χ1v) is 8.86. The Kier molecular flexibility index (Phi) is 4.84. The van der Waals surface area contributed by atoms with Gasteiger partial charge in [-0.25, -0.2) is 8.78 Å². The lowest BCUT2D eigenvalue weighted by atomic mass is 9.91. The molecular formula is C17H30F2N2. The van der Waals surface area contributed by atoms with Gasteiger partial charge < -0.3 is 9.80 Å². The second kappa shape index (κ2) is 6.49. The topological polar surface area (TPSA) is 6.48 Å². The lowest BCUT2D eigenvalue weighted by molar-refractivity contribution is -0.0633. The van der Waals surface area contributed by atoms with E-state index in [1.807, 2.05) is 0 Å². The lowest BCUT2D eigenvalue weighted by Gasteiger charge is -2.37. The molecule has 0 N–H and O–H groups in total. The summed E-state index contributed by atoms with van der Waals surface area (Å²) in [4.78, 5) is 4.91. The van der Waals surface area contributed by atoms with Crippen LogP contribution >= 0.6 is 0 Å². The van der Waals surface area contributed by atoms with Gasteiger partial charge in [0.1, 0.15) is 0 Å². The highest BCUT2D eigenvalue weighted by atomic mass is 19.3. The average molecular weight is 300 g/mol. The zero-order valence-electron chi connectivity index (χ0n) is 13.4. The van der Waals surface area contributed by atoms with Gasteiger partial charge in [-0.1, -0.05) is 0 Å². The summed E-state index contributed by atoms with van der Waals surface area (Å²) in [6, 6.07) is 0.793. The Morgan fingerprint density at radius 3 is 2.57 bits per heavy atom. The van der Waals surface area contributed by atoms with E-state index in [0.717, 1.165) is 31.8 Å². The summed E-state index contributed by atoms with van der Waals surface area (Å²) in [5, 5.41) is 0. The predicted molar refractivity (Wildman–Crippen MR) is 81.8 cm³/mol. The Bertz CT molecular complexity index is 344. The largest absolute Gasteiger partial charge is 0.303 e. The molecule has 0 unspecified atom stereocenters. The molecule has 0 aromatic rings. The normalized spacial score (nSPS) is 34.9. The second-order valence-corrected chi connectivity index (χ2v) is 7.61. The Hall–Kier alpha value is -0.220. The highest BCUT2D eigenvalue weighted by molar-refractivity contribution is 4.88. The standard InChI is InChI=1S/C17H30F2N2/c1-20(13-14-6-7-14)15-5-3-10-21(11-8-15)16-4-2-9-17(18,19)12-16/h14-16H,2-13H2,1H3/t15-,16+/m1/s1. The fourth-order valence-corrected chi connectivity index (χ4v) is 4.22. The maximum absolute atomic E-state index is 13.6. The third-order valence-corrected chi connectivity index (χ3v) is 5.73. The summed E-state index contributed by atoms with van der Waals surface area (Å²) >= 11 is 0. The van der Waals surface area contributed by atoms with Crippen LogP contribution in [0.2, 0.25) is 0 Å². The molecule has 2 aliphatic carbocycles. The van der Waals surface area contributed by atoms with E-state index in [9.17, 15) is 8.78 Å². The zero-order chi connectivity index (χ0) is 14.9. The fraction of sp³-hybridized carbons (Fsp3) is 1.00. The summed E-state index contributed by atoms with van der Waals surface area (Å²) < 4.78 is 27.3. The van der Waals surface area contributed by atoms with E-state index in [0.29, 0.717) is 12.5 Å². The smallest absolute Gasteiger partial charge is 0.249 e. The third-order valence-electron chi connectivity index (χ3n) is 5.73. The Balaban J connectivity index is 1.50. The summed E-state index contributed by atoms with van der Waals surface area (Å²) in [5.74, 6) is -1.48. The third kappa shape index (κ3) is 4.38. The van der Waals surface area contributed by atoms with Gasteiger partial charge in [0.15, 0.2) is 0 Å². The molecular weight excluding hydrogens is 270 g/mol. The van der Waals surface area contributed by atoms with Crippen LogP contribution in [-0.4, -0.2) is 54.5 Å². The van der Waals surface area contributed by atoms with Crippen LogP contribution < -0.4 is 0 Å². The highest BCUT2D eigenvalue weighted by Gasteiger charge is 2.39. The molecule has 3 rings (SSSR count). The van der Waals surface area contributed by atoms with E-state index in [1.165, 1.54) is 32.2 Å². The van der Waals surface area contributed by atoms with E-state index < -0.39 is 5.92 Å². The van der Waals surface area contributed by atoms with Gasteiger partial charge in [0.25, 0.3) is 0 Å². The van der Waals surface area contributed by atoms with Crippen molar-refractivity contribution in [1.29, 1.82) is 0 Å². The molecule has 0 radical (unpaired) electrons. The molecule has 1 heterocycles.